The van der Waals surface area contributed by atoms with Gasteiger partial charge in [-0.05, 0) is 45.1 Å². The lowest BCUT2D eigenvalue weighted by atomic mass is 10.0. The molecule has 2 fully saturated rings. The van der Waals surface area contributed by atoms with Crippen molar-refractivity contribution in [1.82, 2.24) is 4.90 Å². The maximum atomic E-state index is 10.1. The van der Waals surface area contributed by atoms with E-state index in [1.165, 1.54) is 45.1 Å². The summed E-state index contributed by atoms with van der Waals surface area (Å²) in [7, 11) is 0. The lowest BCUT2D eigenvalue weighted by Crippen LogP contribution is -2.37. The Labute approximate surface area is 87.3 Å². The summed E-state index contributed by atoms with van der Waals surface area (Å²) < 4.78 is 0. The van der Waals surface area contributed by atoms with Crippen LogP contribution in [0.5, 0.6) is 0 Å². The third-order valence-electron chi connectivity index (χ3n) is 4.06. The van der Waals surface area contributed by atoms with Gasteiger partial charge in [0, 0.05) is 12.6 Å². The zero-order valence-corrected chi connectivity index (χ0v) is 9.28. The van der Waals surface area contributed by atoms with E-state index in [4.69, 9.17) is 0 Å². The predicted molar refractivity (Wildman–Crippen MR) is 58.2 cm³/mol. The molecule has 82 valence electrons. The molecule has 2 rings (SSSR count). The second kappa shape index (κ2) is 4.63. The van der Waals surface area contributed by atoms with Crippen LogP contribution in [0.1, 0.15) is 45.4 Å². The molecule has 0 radical (unpaired) electrons. The Morgan fingerprint density at radius 1 is 1.21 bits per heavy atom. The second-order valence-electron chi connectivity index (χ2n) is 5.10. The van der Waals surface area contributed by atoms with Crippen LogP contribution in [0.2, 0.25) is 0 Å². The number of aliphatic hydroxyl groups excluding tert-OH is 1. The molecule has 2 aliphatic rings. The van der Waals surface area contributed by atoms with Crippen molar-refractivity contribution in [2.24, 2.45) is 5.92 Å². The summed E-state index contributed by atoms with van der Waals surface area (Å²) in [4.78, 5) is 2.46. The minimum Gasteiger partial charge on any atom is -0.392 e. The molecular weight excluding hydrogens is 174 g/mol. The number of β-amino-alcohol motifs (C(OH)–C–C–N with tert-alkyl or cyclic N) is 1. The molecule has 2 atom stereocenters. The maximum Gasteiger partial charge on any atom is 0.0695 e. The van der Waals surface area contributed by atoms with Crippen molar-refractivity contribution in [2.75, 3.05) is 13.1 Å². The standard InChI is InChI=1S/C12H23NO/c1-10-5-4-8-13(10)9-12(14)11-6-2-3-7-11/h10-12,14H,2-9H2,1H3. The van der Waals surface area contributed by atoms with Gasteiger partial charge in [0.1, 0.15) is 0 Å². The van der Waals surface area contributed by atoms with Crippen molar-refractivity contribution >= 4 is 0 Å². The molecule has 2 heteroatoms. The molecule has 0 amide bonds. The first-order valence-corrected chi connectivity index (χ1v) is 6.19. The Kier molecular flexibility index (Phi) is 3.45. The van der Waals surface area contributed by atoms with E-state index in [1.807, 2.05) is 0 Å². The molecule has 0 spiro atoms. The molecule has 0 aromatic heterocycles. The fourth-order valence-electron chi connectivity index (χ4n) is 3.00. The molecule has 14 heavy (non-hydrogen) atoms. The fourth-order valence-corrected chi connectivity index (χ4v) is 3.00. The first-order chi connectivity index (χ1) is 6.77. The van der Waals surface area contributed by atoms with Gasteiger partial charge >= 0.3 is 0 Å². The van der Waals surface area contributed by atoms with Crippen molar-refractivity contribution in [3.05, 3.63) is 0 Å². The predicted octanol–water partition coefficient (Wildman–Crippen LogP) is 2.02. The summed E-state index contributed by atoms with van der Waals surface area (Å²) in [6, 6.07) is 0.700. The van der Waals surface area contributed by atoms with Gasteiger partial charge in [-0.2, -0.15) is 0 Å². The molecule has 1 aliphatic heterocycles. The molecule has 1 aliphatic carbocycles. The third kappa shape index (κ3) is 2.29. The molecule has 0 bridgehead atoms. The average molecular weight is 197 g/mol. The van der Waals surface area contributed by atoms with Crippen LogP contribution in [0.4, 0.5) is 0 Å². The van der Waals surface area contributed by atoms with Crippen LogP contribution in [0, 0.1) is 5.92 Å². The second-order valence-corrected chi connectivity index (χ2v) is 5.10. The number of likely N-dealkylation sites (tertiary alicyclic amines) is 1. The average Bonchev–Trinajstić information content (AvgIpc) is 2.77. The monoisotopic (exact) mass is 197 g/mol. The first kappa shape index (κ1) is 10.4. The molecule has 0 aromatic carbocycles. The van der Waals surface area contributed by atoms with Crippen LogP contribution in [-0.2, 0) is 0 Å². The molecule has 1 saturated heterocycles. The van der Waals surface area contributed by atoms with E-state index in [2.05, 4.69) is 11.8 Å². The lowest BCUT2D eigenvalue weighted by molar-refractivity contribution is 0.0634. The highest BCUT2D eigenvalue weighted by molar-refractivity contribution is 4.82. The topological polar surface area (TPSA) is 23.5 Å². The lowest BCUT2D eigenvalue weighted by Gasteiger charge is -2.27. The van der Waals surface area contributed by atoms with Crippen LogP contribution in [-0.4, -0.2) is 35.2 Å². The van der Waals surface area contributed by atoms with E-state index in [1.54, 1.807) is 0 Å². The van der Waals surface area contributed by atoms with Gasteiger partial charge in [0.2, 0.25) is 0 Å². The summed E-state index contributed by atoms with van der Waals surface area (Å²) >= 11 is 0. The summed E-state index contributed by atoms with van der Waals surface area (Å²) in [5.74, 6) is 0.600. The van der Waals surface area contributed by atoms with Crippen LogP contribution in [0.3, 0.4) is 0 Å². The number of aliphatic hydroxyl groups is 1. The number of nitrogens with zero attached hydrogens (tertiary/aromatic N) is 1. The summed E-state index contributed by atoms with van der Waals surface area (Å²) in [5, 5.41) is 10.1. The van der Waals surface area contributed by atoms with Gasteiger partial charge < -0.3 is 5.11 Å². The minimum absolute atomic E-state index is 0.0574. The zero-order valence-electron chi connectivity index (χ0n) is 9.28. The fraction of sp³-hybridized carbons (Fsp3) is 1.00. The Bertz CT molecular complexity index is 177. The molecule has 0 aromatic rings. The van der Waals surface area contributed by atoms with Crippen molar-refractivity contribution in [1.29, 1.82) is 0 Å². The van der Waals surface area contributed by atoms with E-state index in [-0.39, 0.29) is 6.10 Å². The summed E-state index contributed by atoms with van der Waals surface area (Å²) in [5.41, 5.74) is 0. The molecule has 1 N–H and O–H groups in total. The highest BCUT2D eigenvalue weighted by Crippen LogP contribution is 2.29. The number of rotatable bonds is 3. The van der Waals surface area contributed by atoms with Crippen LogP contribution < -0.4 is 0 Å². The first-order valence-electron chi connectivity index (χ1n) is 6.19. The summed E-state index contributed by atoms with van der Waals surface area (Å²) in [6.45, 7) is 4.41. The van der Waals surface area contributed by atoms with Crippen LogP contribution in [0.25, 0.3) is 0 Å². The van der Waals surface area contributed by atoms with E-state index < -0.39 is 0 Å². The number of hydrogen-bond acceptors (Lipinski definition) is 2. The Morgan fingerprint density at radius 2 is 1.93 bits per heavy atom. The van der Waals surface area contributed by atoms with Crippen molar-refractivity contribution in [2.45, 2.75) is 57.6 Å². The Balaban J connectivity index is 1.78. The van der Waals surface area contributed by atoms with Gasteiger partial charge in [0.15, 0.2) is 0 Å². The molecule has 2 unspecified atom stereocenters. The van der Waals surface area contributed by atoms with Crippen molar-refractivity contribution in [3.8, 4) is 0 Å². The van der Waals surface area contributed by atoms with Gasteiger partial charge in [0.05, 0.1) is 6.10 Å². The highest BCUT2D eigenvalue weighted by Gasteiger charge is 2.28. The van der Waals surface area contributed by atoms with Crippen LogP contribution in [0.15, 0.2) is 0 Å². The van der Waals surface area contributed by atoms with E-state index in [9.17, 15) is 5.11 Å². The van der Waals surface area contributed by atoms with Crippen LogP contribution >= 0.6 is 0 Å². The Morgan fingerprint density at radius 3 is 2.50 bits per heavy atom. The highest BCUT2D eigenvalue weighted by atomic mass is 16.3. The van der Waals surface area contributed by atoms with Gasteiger partial charge in [-0.1, -0.05) is 12.8 Å². The molecule has 1 saturated carbocycles. The molecular formula is C12H23NO. The largest absolute Gasteiger partial charge is 0.392 e. The summed E-state index contributed by atoms with van der Waals surface area (Å²) in [6.07, 6.45) is 7.75. The van der Waals surface area contributed by atoms with Gasteiger partial charge in [0.25, 0.3) is 0 Å². The SMILES string of the molecule is CC1CCCN1CC(O)C1CCCC1. The Hall–Kier alpha value is -0.0800. The smallest absolute Gasteiger partial charge is 0.0695 e. The maximum absolute atomic E-state index is 10.1. The third-order valence-corrected chi connectivity index (χ3v) is 4.06. The normalized spacial score (nSPS) is 32.6. The molecule has 2 nitrogen and oxygen atoms in total. The van der Waals surface area contributed by atoms with E-state index in [0.29, 0.717) is 12.0 Å². The zero-order chi connectivity index (χ0) is 9.97. The van der Waals surface area contributed by atoms with Gasteiger partial charge in [-0.3, -0.25) is 4.90 Å². The van der Waals surface area contributed by atoms with Gasteiger partial charge in [-0.25, -0.2) is 0 Å². The quantitative estimate of drug-likeness (QED) is 0.748. The molecule has 1 heterocycles. The van der Waals surface area contributed by atoms with Crippen molar-refractivity contribution < 1.29 is 5.11 Å². The van der Waals surface area contributed by atoms with E-state index >= 15 is 0 Å². The van der Waals surface area contributed by atoms with E-state index in [0.717, 1.165) is 6.54 Å². The van der Waals surface area contributed by atoms with Crippen molar-refractivity contribution in [3.63, 3.8) is 0 Å². The minimum atomic E-state index is -0.0574. The van der Waals surface area contributed by atoms with Gasteiger partial charge in [-0.15, -0.1) is 0 Å². The number of hydrogen-bond donors (Lipinski definition) is 1.